The van der Waals surface area contributed by atoms with E-state index in [0.29, 0.717) is 6.04 Å². The number of fused-ring (bicyclic) bond motifs is 1. The lowest BCUT2D eigenvalue weighted by atomic mass is 9.95. The normalized spacial score (nSPS) is 19.6. The summed E-state index contributed by atoms with van der Waals surface area (Å²) in [6.45, 7) is 2.37. The van der Waals surface area contributed by atoms with E-state index in [1.165, 1.54) is 37.7 Å². The van der Waals surface area contributed by atoms with Crippen molar-refractivity contribution in [1.82, 2.24) is 5.32 Å². The van der Waals surface area contributed by atoms with Gasteiger partial charge in [-0.05, 0) is 46.5 Å². The van der Waals surface area contributed by atoms with Crippen molar-refractivity contribution in [2.24, 2.45) is 0 Å². The first kappa shape index (κ1) is 14.2. The molecule has 4 heteroatoms. The van der Waals surface area contributed by atoms with Gasteiger partial charge in [-0.2, -0.15) is 0 Å². The number of hydrogen-bond donors (Lipinski definition) is 1. The molecule has 0 unspecified atom stereocenters. The standard InChI is InChI=1S/C16H22BrNO2/c17-14-9-12(11-18-13-5-2-1-3-6-13)10-15-16(14)20-8-4-7-19-15/h9-10,13,18H,1-8,11H2. The Hall–Kier alpha value is -0.740. The average molecular weight is 340 g/mol. The number of hydrogen-bond acceptors (Lipinski definition) is 3. The van der Waals surface area contributed by atoms with E-state index in [-0.39, 0.29) is 0 Å². The molecule has 1 fully saturated rings. The Kier molecular flexibility index (Phi) is 4.84. The molecule has 1 aliphatic carbocycles. The second kappa shape index (κ2) is 6.81. The lowest BCUT2D eigenvalue weighted by molar-refractivity contribution is 0.296. The van der Waals surface area contributed by atoms with Crippen LogP contribution in [0.3, 0.4) is 0 Å². The summed E-state index contributed by atoms with van der Waals surface area (Å²) >= 11 is 3.60. The molecule has 1 heterocycles. The first-order chi connectivity index (χ1) is 9.83. The average Bonchev–Trinajstić information content (AvgIpc) is 2.72. The smallest absolute Gasteiger partial charge is 0.175 e. The first-order valence-corrected chi connectivity index (χ1v) is 8.43. The van der Waals surface area contributed by atoms with E-state index in [4.69, 9.17) is 9.47 Å². The lowest BCUT2D eigenvalue weighted by Gasteiger charge is -2.23. The van der Waals surface area contributed by atoms with Crippen LogP contribution in [0.2, 0.25) is 0 Å². The number of rotatable bonds is 3. The fourth-order valence-electron chi connectivity index (χ4n) is 2.96. The van der Waals surface area contributed by atoms with Crippen LogP contribution in [0.5, 0.6) is 11.5 Å². The zero-order chi connectivity index (χ0) is 13.8. The minimum Gasteiger partial charge on any atom is -0.490 e. The zero-order valence-corrected chi connectivity index (χ0v) is 13.4. The first-order valence-electron chi connectivity index (χ1n) is 7.64. The summed E-state index contributed by atoms with van der Waals surface area (Å²) in [6.07, 6.45) is 7.69. The third-order valence-corrected chi connectivity index (χ3v) is 4.65. The highest BCUT2D eigenvalue weighted by Gasteiger charge is 2.16. The van der Waals surface area contributed by atoms with Gasteiger partial charge in [-0.1, -0.05) is 19.3 Å². The van der Waals surface area contributed by atoms with E-state index in [9.17, 15) is 0 Å². The van der Waals surface area contributed by atoms with Crippen molar-refractivity contribution in [2.75, 3.05) is 13.2 Å². The molecule has 0 spiro atoms. The van der Waals surface area contributed by atoms with Crippen molar-refractivity contribution >= 4 is 15.9 Å². The van der Waals surface area contributed by atoms with Gasteiger partial charge in [-0.25, -0.2) is 0 Å². The van der Waals surface area contributed by atoms with Crippen molar-refractivity contribution in [2.45, 2.75) is 51.1 Å². The van der Waals surface area contributed by atoms with Gasteiger partial charge < -0.3 is 14.8 Å². The number of halogens is 1. The fourth-order valence-corrected chi connectivity index (χ4v) is 3.56. The Labute approximate surface area is 129 Å². The molecule has 2 aliphatic rings. The maximum absolute atomic E-state index is 5.78. The molecule has 3 rings (SSSR count). The predicted octanol–water partition coefficient (Wildman–Crippen LogP) is 4.03. The van der Waals surface area contributed by atoms with Crippen molar-refractivity contribution in [3.05, 3.63) is 22.2 Å². The Balaban J connectivity index is 1.67. The Bertz CT molecular complexity index is 458. The Morgan fingerprint density at radius 3 is 2.70 bits per heavy atom. The molecule has 0 radical (unpaired) electrons. The largest absolute Gasteiger partial charge is 0.490 e. The highest BCUT2D eigenvalue weighted by molar-refractivity contribution is 9.10. The third kappa shape index (κ3) is 3.47. The molecule has 0 amide bonds. The molecule has 3 nitrogen and oxygen atoms in total. The van der Waals surface area contributed by atoms with Crippen LogP contribution < -0.4 is 14.8 Å². The molecule has 110 valence electrons. The third-order valence-electron chi connectivity index (χ3n) is 4.06. The zero-order valence-electron chi connectivity index (χ0n) is 11.8. The second-order valence-electron chi connectivity index (χ2n) is 5.67. The van der Waals surface area contributed by atoms with Crippen LogP contribution >= 0.6 is 15.9 Å². The minimum atomic E-state index is 0.679. The van der Waals surface area contributed by atoms with Crippen LogP contribution in [0.4, 0.5) is 0 Å². The molecule has 0 atom stereocenters. The number of ether oxygens (including phenoxy) is 2. The summed E-state index contributed by atoms with van der Waals surface area (Å²) in [6, 6.07) is 4.93. The summed E-state index contributed by atoms with van der Waals surface area (Å²) in [5, 5.41) is 3.67. The highest BCUT2D eigenvalue weighted by Crippen LogP contribution is 2.38. The SMILES string of the molecule is Brc1cc(CNC2CCCCC2)cc2c1OCCCO2. The maximum atomic E-state index is 5.78. The van der Waals surface area contributed by atoms with E-state index >= 15 is 0 Å². The summed E-state index contributed by atoms with van der Waals surface area (Å²) in [7, 11) is 0. The molecular formula is C16H22BrNO2. The minimum absolute atomic E-state index is 0.679. The molecular weight excluding hydrogens is 318 g/mol. The molecule has 1 aliphatic heterocycles. The van der Waals surface area contributed by atoms with Crippen LogP contribution in [0.15, 0.2) is 16.6 Å². The number of nitrogens with one attached hydrogen (secondary N) is 1. The van der Waals surface area contributed by atoms with Gasteiger partial charge in [0.15, 0.2) is 11.5 Å². The summed E-state index contributed by atoms with van der Waals surface area (Å²) in [5.41, 5.74) is 1.26. The fraction of sp³-hybridized carbons (Fsp3) is 0.625. The van der Waals surface area contributed by atoms with Crippen molar-refractivity contribution in [3.63, 3.8) is 0 Å². The summed E-state index contributed by atoms with van der Waals surface area (Å²) < 4.78 is 12.5. The van der Waals surface area contributed by atoms with Gasteiger partial charge in [0.2, 0.25) is 0 Å². The quantitative estimate of drug-likeness (QED) is 0.901. The van der Waals surface area contributed by atoms with Crippen molar-refractivity contribution in [3.8, 4) is 11.5 Å². The molecule has 0 saturated heterocycles. The van der Waals surface area contributed by atoms with E-state index in [1.807, 2.05) is 0 Å². The molecule has 1 N–H and O–H groups in total. The van der Waals surface area contributed by atoms with Gasteiger partial charge in [-0.3, -0.25) is 0 Å². The van der Waals surface area contributed by atoms with E-state index in [0.717, 1.165) is 42.2 Å². The van der Waals surface area contributed by atoms with Gasteiger partial charge in [0.05, 0.1) is 17.7 Å². The second-order valence-corrected chi connectivity index (χ2v) is 6.53. The maximum Gasteiger partial charge on any atom is 0.175 e. The van der Waals surface area contributed by atoms with Crippen LogP contribution in [0.25, 0.3) is 0 Å². The van der Waals surface area contributed by atoms with Crippen LogP contribution in [-0.2, 0) is 6.54 Å². The number of benzene rings is 1. The Morgan fingerprint density at radius 1 is 1.05 bits per heavy atom. The molecule has 1 aromatic rings. The van der Waals surface area contributed by atoms with Crippen molar-refractivity contribution in [1.29, 1.82) is 0 Å². The molecule has 0 bridgehead atoms. The van der Waals surface area contributed by atoms with Gasteiger partial charge in [-0.15, -0.1) is 0 Å². The topological polar surface area (TPSA) is 30.5 Å². The van der Waals surface area contributed by atoms with E-state index < -0.39 is 0 Å². The van der Waals surface area contributed by atoms with Gasteiger partial charge >= 0.3 is 0 Å². The van der Waals surface area contributed by atoms with E-state index in [1.54, 1.807) is 0 Å². The van der Waals surface area contributed by atoms with Crippen LogP contribution in [-0.4, -0.2) is 19.3 Å². The predicted molar refractivity (Wildman–Crippen MR) is 83.5 cm³/mol. The lowest BCUT2D eigenvalue weighted by Crippen LogP contribution is -2.30. The summed E-state index contributed by atoms with van der Waals surface area (Å²) in [5.74, 6) is 1.72. The highest BCUT2D eigenvalue weighted by atomic mass is 79.9. The monoisotopic (exact) mass is 339 g/mol. The van der Waals surface area contributed by atoms with Gasteiger partial charge in [0, 0.05) is 19.0 Å². The van der Waals surface area contributed by atoms with Crippen LogP contribution in [0, 0.1) is 0 Å². The Morgan fingerprint density at radius 2 is 1.85 bits per heavy atom. The van der Waals surface area contributed by atoms with Crippen molar-refractivity contribution < 1.29 is 9.47 Å². The molecule has 0 aromatic heterocycles. The summed E-state index contributed by atoms with van der Waals surface area (Å²) in [4.78, 5) is 0. The van der Waals surface area contributed by atoms with Gasteiger partial charge in [0.1, 0.15) is 0 Å². The van der Waals surface area contributed by atoms with Crippen LogP contribution in [0.1, 0.15) is 44.1 Å². The van der Waals surface area contributed by atoms with E-state index in [2.05, 4.69) is 33.4 Å². The molecule has 20 heavy (non-hydrogen) atoms. The molecule has 1 saturated carbocycles. The molecule has 1 aromatic carbocycles. The van der Waals surface area contributed by atoms with Gasteiger partial charge in [0.25, 0.3) is 0 Å².